The van der Waals surface area contributed by atoms with Gasteiger partial charge >= 0.3 is 11.9 Å². The summed E-state index contributed by atoms with van der Waals surface area (Å²) in [7, 11) is 3.10. The van der Waals surface area contributed by atoms with Gasteiger partial charge in [-0.15, -0.1) is 0 Å². The Kier molecular flexibility index (Phi) is 16.1. The number of nitrogens with two attached hydrogens (primary N) is 2. The Bertz CT molecular complexity index is 1570. The van der Waals surface area contributed by atoms with Gasteiger partial charge in [0.15, 0.2) is 17.0 Å². The van der Waals surface area contributed by atoms with Crippen molar-refractivity contribution in [1.82, 2.24) is 30.6 Å². The zero-order chi connectivity index (χ0) is 36.5. The second-order valence-electron chi connectivity index (χ2n) is 12.4. The number of esters is 1. The summed E-state index contributed by atoms with van der Waals surface area (Å²) < 4.78 is 4.87. The summed E-state index contributed by atoms with van der Waals surface area (Å²) in [5, 5.41) is 14.9. The highest BCUT2D eigenvalue weighted by Crippen LogP contribution is 2.19. The van der Waals surface area contributed by atoms with Gasteiger partial charge in [-0.3, -0.25) is 9.59 Å². The van der Waals surface area contributed by atoms with E-state index in [1.165, 1.54) is 45.6 Å². The molecule has 15 heteroatoms. The van der Waals surface area contributed by atoms with Gasteiger partial charge in [0.1, 0.15) is 12.1 Å². The molecule has 0 aliphatic rings. The molecule has 0 saturated heterocycles. The maximum absolute atomic E-state index is 12.9. The number of nitrogens with one attached hydrogen (secondary N) is 2. The highest BCUT2D eigenvalue weighted by atomic mass is 16.5. The number of fused-ring (bicyclic) bond motifs is 1. The standard InChI is InChI=1S/C35H51N9O6/c1-4-5-6-7-8-9-10-11-12-13-14-27(34(49)50-3)40-28(45)20-19-26(33(47)48)41-32(46)23-15-17-25(18-16-23)44(2)22-24-21-38-31-29(39-24)30(36)42-35(37)43-31/h15-18,21,26-27H,4-14,19-20,22H2,1-3H3,(H,40,45)(H,41,46)(H,47,48)(H4,36,37,38,42,43)/t26-,27-/m0/s1. The molecule has 2 heterocycles. The van der Waals surface area contributed by atoms with E-state index < -0.39 is 35.8 Å². The van der Waals surface area contributed by atoms with Crippen LogP contribution in [0.15, 0.2) is 30.5 Å². The number of hydrogen-bond donors (Lipinski definition) is 5. The first-order valence-electron chi connectivity index (χ1n) is 17.3. The molecular formula is C35H51N9O6. The van der Waals surface area contributed by atoms with Crippen molar-refractivity contribution in [3.05, 3.63) is 41.7 Å². The van der Waals surface area contributed by atoms with E-state index in [0.29, 0.717) is 29.8 Å². The number of methoxy groups -OCH3 is 1. The number of hydrogen-bond acceptors (Lipinski definition) is 12. The fraction of sp³-hybridized carbons (Fsp3) is 0.543. The first kappa shape index (κ1) is 39.4. The number of ether oxygens (including phenoxy) is 1. The van der Waals surface area contributed by atoms with Crippen molar-refractivity contribution >= 4 is 52.4 Å². The molecule has 7 N–H and O–H groups in total. The molecule has 1 aromatic carbocycles. The molecule has 0 radical (unpaired) electrons. The Hall–Kier alpha value is -5.08. The molecule has 0 bridgehead atoms. The highest BCUT2D eigenvalue weighted by Gasteiger charge is 2.25. The summed E-state index contributed by atoms with van der Waals surface area (Å²) in [4.78, 5) is 68.5. The van der Waals surface area contributed by atoms with Crippen LogP contribution in [0.1, 0.15) is 106 Å². The van der Waals surface area contributed by atoms with Gasteiger partial charge in [0.25, 0.3) is 5.91 Å². The normalized spacial score (nSPS) is 12.2. The lowest BCUT2D eigenvalue weighted by Crippen LogP contribution is -2.44. The van der Waals surface area contributed by atoms with Crippen LogP contribution in [0, 0.1) is 0 Å². The van der Waals surface area contributed by atoms with Crippen LogP contribution in [0.3, 0.4) is 0 Å². The smallest absolute Gasteiger partial charge is 0.328 e. The van der Waals surface area contributed by atoms with Gasteiger partial charge in [0.2, 0.25) is 11.9 Å². The summed E-state index contributed by atoms with van der Waals surface area (Å²) in [5.41, 5.74) is 13.8. The maximum atomic E-state index is 12.9. The molecule has 0 aliphatic heterocycles. The fourth-order valence-electron chi connectivity index (χ4n) is 5.53. The molecule has 0 aliphatic carbocycles. The van der Waals surface area contributed by atoms with Crippen LogP contribution < -0.4 is 27.0 Å². The van der Waals surface area contributed by atoms with E-state index >= 15 is 0 Å². The number of carbonyl (C=O) groups is 4. The third-order valence-corrected chi connectivity index (χ3v) is 8.40. The molecule has 3 rings (SSSR count). The van der Waals surface area contributed by atoms with E-state index in [1.807, 2.05) is 11.9 Å². The van der Waals surface area contributed by atoms with E-state index in [4.69, 9.17) is 16.2 Å². The lowest BCUT2D eigenvalue weighted by Gasteiger charge is -2.20. The third kappa shape index (κ3) is 12.7. The van der Waals surface area contributed by atoms with Gasteiger partial charge < -0.3 is 36.8 Å². The van der Waals surface area contributed by atoms with E-state index in [2.05, 4.69) is 37.5 Å². The van der Waals surface area contributed by atoms with Crippen molar-refractivity contribution in [2.24, 2.45) is 0 Å². The summed E-state index contributed by atoms with van der Waals surface area (Å²) >= 11 is 0. The number of nitrogen functional groups attached to an aromatic ring is 2. The Morgan fingerprint density at radius 2 is 1.50 bits per heavy atom. The molecule has 0 spiro atoms. The monoisotopic (exact) mass is 693 g/mol. The summed E-state index contributed by atoms with van der Waals surface area (Å²) in [6.45, 7) is 2.57. The number of aromatic nitrogens is 4. The number of benzene rings is 1. The Balaban J connectivity index is 1.46. The summed E-state index contributed by atoms with van der Waals surface area (Å²) in [6, 6.07) is 4.45. The molecule has 2 amide bonds. The van der Waals surface area contributed by atoms with Crippen molar-refractivity contribution in [3.63, 3.8) is 0 Å². The number of rotatable bonds is 22. The highest BCUT2D eigenvalue weighted by molar-refractivity contribution is 5.97. The van der Waals surface area contributed by atoms with Crippen molar-refractivity contribution in [2.75, 3.05) is 30.5 Å². The number of carbonyl (C=O) groups excluding carboxylic acids is 3. The first-order chi connectivity index (χ1) is 24.0. The second-order valence-corrected chi connectivity index (χ2v) is 12.4. The van der Waals surface area contributed by atoms with Gasteiger partial charge in [-0.2, -0.15) is 9.97 Å². The molecule has 0 saturated carbocycles. The second kappa shape index (κ2) is 20.4. The van der Waals surface area contributed by atoms with Gasteiger partial charge in [-0.25, -0.2) is 19.6 Å². The van der Waals surface area contributed by atoms with Crippen LogP contribution in [0.2, 0.25) is 0 Å². The van der Waals surface area contributed by atoms with Gasteiger partial charge in [-0.05, 0) is 37.1 Å². The number of nitrogens with zero attached hydrogens (tertiary/aromatic N) is 5. The largest absolute Gasteiger partial charge is 0.480 e. The predicted octanol–water partition coefficient (Wildman–Crippen LogP) is 4.15. The molecular weight excluding hydrogens is 642 g/mol. The van der Waals surface area contributed by atoms with Crippen molar-refractivity contribution in [3.8, 4) is 0 Å². The topological polar surface area (TPSA) is 229 Å². The molecule has 0 unspecified atom stereocenters. The quantitative estimate of drug-likeness (QED) is 0.0737. The van der Waals surface area contributed by atoms with Crippen LogP contribution in [-0.2, 0) is 25.7 Å². The molecule has 50 heavy (non-hydrogen) atoms. The van der Waals surface area contributed by atoms with Crippen LogP contribution in [0.4, 0.5) is 17.5 Å². The van der Waals surface area contributed by atoms with Gasteiger partial charge in [0, 0.05) is 24.7 Å². The number of carboxylic acids is 1. The zero-order valence-electron chi connectivity index (χ0n) is 29.3. The van der Waals surface area contributed by atoms with Crippen LogP contribution in [0.25, 0.3) is 11.2 Å². The fourth-order valence-corrected chi connectivity index (χ4v) is 5.53. The van der Waals surface area contributed by atoms with Crippen LogP contribution >= 0.6 is 0 Å². The van der Waals surface area contributed by atoms with Crippen molar-refractivity contribution < 1.29 is 29.0 Å². The minimum Gasteiger partial charge on any atom is -0.480 e. The van der Waals surface area contributed by atoms with Gasteiger partial charge in [-0.1, -0.05) is 71.1 Å². The lowest BCUT2D eigenvalue weighted by atomic mass is 10.0. The lowest BCUT2D eigenvalue weighted by molar-refractivity contribution is -0.145. The number of unbranched alkanes of at least 4 members (excludes halogenated alkanes) is 9. The number of carboxylic acid groups (broad SMARTS) is 1. The molecule has 0 fully saturated rings. The van der Waals surface area contributed by atoms with E-state index in [1.54, 1.807) is 30.5 Å². The van der Waals surface area contributed by atoms with Gasteiger partial charge in [0.05, 0.1) is 25.5 Å². The van der Waals surface area contributed by atoms with E-state index in [-0.39, 0.29) is 30.2 Å². The summed E-state index contributed by atoms with van der Waals surface area (Å²) in [6.07, 6.45) is 13.1. The Morgan fingerprint density at radius 3 is 2.12 bits per heavy atom. The Morgan fingerprint density at radius 1 is 0.860 bits per heavy atom. The molecule has 2 aromatic heterocycles. The predicted molar refractivity (Wildman–Crippen MR) is 191 cm³/mol. The van der Waals surface area contributed by atoms with Crippen molar-refractivity contribution in [2.45, 2.75) is 109 Å². The number of aliphatic carboxylic acids is 1. The molecule has 272 valence electrons. The first-order valence-corrected chi connectivity index (χ1v) is 17.3. The van der Waals surface area contributed by atoms with E-state index in [0.717, 1.165) is 31.4 Å². The SMILES string of the molecule is CCCCCCCCCCCC[C@H](NC(=O)CC[C@H](NC(=O)c1ccc(N(C)Cc2cnc3nc(N)nc(N)c3n2)cc1)C(=O)O)C(=O)OC. The zero-order valence-corrected chi connectivity index (χ0v) is 29.3. The molecule has 2 atom stereocenters. The molecule has 3 aromatic rings. The average molecular weight is 694 g/mol. The maximum Gasteiger partial charge on any atom is 0.328 e. The minimum absolute atomic E-state index is 0.0114. The number of amides is 2. The Labute approximate surface area is 293 Å². The van der Waals surface area contributed by atoms with E-state index in [9.17, 15) is 24.3 Å². The summed E-state index contributed by atoms with van der Waals surface area (Å²) in [5.74, 6) is -2.77. The number of anilines is 3. The average Bonchev–Trinajstić information content (AvgIpc) is 3.10. The minimum atomic E-state index is -1.31. The van der Waals surface area contributed by atoms with Crippen LogP contribution in [-0.4, -0.2) is 75.0 Å². The van der Waals surface area contributed by atoms with Crippen molar-refractivity contribution in [1.29, 1.82) is 0 Å². The van der Waals surface area contributed by atoms with Crippen LogP contribution in [0.5, 0.6) is 0 Å². The third-order valence-electron chi connectivity index (χ3n) is 8.40. The molecule has 15 nitrogen and oxygen atoms in total.